The number of benzene rings is 2. The van der Waals surface area contributed by atoms with Crippen molar-refractivity contribution in [2.75, 3.05) is 26.7 Å². The summed E-state index contributed by atoms with van der Waals surface area (Å²) in [6.07, 6.45) is 2.55. The van der Waals surface area contributed by atoms with E-state index < -0.39 is 10.0 Å². The van der Waals surface area contributed by atoms with E-state index in [1.54, 1.807) is 19.2 Å². The van der Waals surface area contributed by atoms with Gasteiger partial charge in [-0.3, -0.25) is 4.79 Å². The molecule has 1 aliphatic heterocycles. The number of nitrogens with zero attached hydrogens (tertiary/aromatic N) is 1. The second-order valence-corrected chi connectivity index (χ2v) is 9.23. The van der Waals surface area contributed by atoms with Crippen LogP contribution in [0.1, 0.15) is 35.2 Å². The van der Waals surface area contributed by atoms with E-state index in [4.69, 9.17) is 4.74 Å². The van der Waals surface area contributed by atoms with E-state index in [0.717, 1.165) is 30.4 Å². The summed E-state index contributed by atoms with van der Waals surface area (Å²) in [6, 6.07) is 14.0. The maximum Gasteiger partial charge on any atom is 0.253 e. The highest BCUT2D eigenvalue weighted by atomic mass is 32.2. The van der Waals surface area contributed by atoms with Crippen LogP contribution in [0.4, 0.5) is 0 Å². The number of nitrogens with one attached hydrogen (secondary N) is 1. The second kappa shape index (κ2) is 9.41. The van der Waals surface area contributed by atoms with Gasteiger partial charge in [-0.2, -0.15) is 0 Å². The van der Waals surface area contributed by atoms with Gasteiger partial charge in [0.05, 0.1) is 12.0 Å². The Hall–Kier alpha value is -2.38. The Kier molecular flexibility index (Phi) is 6.92. The predicted octanol–water partition coefficient (Wildman–Crippen LogP) is 3.22. The zero-order valence-electron chi connectivity index (χ0n) is 16.9. The number of hydrogen-bond acceptors (Lipinski definition) is 4. The average Bonchev–Trinajstić information content (AvgIpc) is 2.74. The fraction of sp³-hybridized carbons (Fsp3) is 0.409. The standard InChI is InChI=1S/C22H28N2O4S/c1-17-3-5-19(6-4-17)22(25)24-15-12-18(13-16-24)11-14-23-29(26,27)21-9-7-20(28-2)8-10-21/h3-10,18,23H,11-16H2,1-2H3. The van der Waals surface area contributed by atoms with Crippen molar-refractivity contribution in [2.24, 2.45) is 5.92 Å². The van der Waals surface area contributed by atoms with Crippen molar-refractivity contribution in [3.63, 3.8) is 0 Å². The molecule has 1 aliphatic rings. The first kappa shape index (κ1) is 21.3. The summed E-state index contributed by atoms with van der Waals surface area (Å²) in [6.45, 7) is 3.82. The topological polar surface area (TPSA) is 75.7 Å². The van der Waals surface area contributed by atoms with Crippen molar-refractivity contribution in [1.29, 1.82) is 0 Å². The maximum absolute atomic E-state index is 12.6. The van der Waals surface area contributed by atoms with Gasteiger partial charge in [-0.1, -0.05) is 17.7 Å². The van der Waals surface area contributed by atoms with E-state index in [-0.39, 0.29) is 10.8 Å². The van der Waals surface area contributed by atoms with E-state index in [9.17, 15) is 13.2 Å². The molecule has 3 rings (SSSR count). The minimum absolute atomic E-state index is 0.0728. The quantitative estimate of drug-likeness (QED) is 0.752. The first-order valence-corrected chi connectivity index (χ1v) is 11.4. The third kappa shape index (κ3) is 5.58. The lowest BCUT2D eigenvalue weighted by molar-refractivity contribution is 0.0687. The summed E-state index contributed by atoms with van der Waals surface area (Å²) < 4.78 is 32.5. The molecule has 2 aromatic carbocycles. The fourth-order valence-corrected chi connectivity index (χ4v) is 4.59. The van der Waals surface area contributed by atoms with Crippen LogP contribution in [0, 0.1) is 12.8 Å². The van der Waals surface area contributed by atoms with Gasteiger partial charge in [0, 0.05) is 25.2 Å². The second-order valence-electron chi connectivity index (χ2n) is 7.46. The fourth-order valence-electron chi connectivity index (χ4n) is 3.54. The van der Waals surface area contributed by atoms with Crippen LogP contribution >= 0.6 is 0 Å². The number of piperidine rings is 1. The Labute approximate surface area is 172 Å². The van der Waals surface area contributed by atoms with Gasteiger partial charge in [-0.25, -0.2) is 13.1 Å². The number of carbonyl (C=O) groups excluding carboxylic acids is 1. The van der Waals surface area contributed by atoms with Gasteiger partial charge in [0.15, 0.2) is 0 Å². The maximum atomic E-state index is 12.6. The zero-order chi connectivity index (χ0) is 20.9. The van der Waals surface area contributed by atoms with Crippen LogP contribution in [0.25, 0.3) is 0 Å². The molecule has 29 heavy (non-hydrogen) atoms. The Morgan fingerprint density at radius 3 is 2.28 bits per heavy atom. The van der Waals surface area contributed by atoms with Crippen LogP contribution in [-0.2, 0) is 10.0 Å². The lowest BCUT2D eigenvalue weighted by atomic mass is 9.93. The van der Waals surface area contributed by atoms with Crippen LogP contribution in [0.15, 0.2) is 53.4 Å². The Balaban J connectivity index is 1.44. The van der Waals surface area contributed by atoms with E-state index in [1.807, 2.05) is 36.1 Å². The number of hydrogen-bond donors (Lipinski definition) is 1. The molecule has 0 unspecified atom stereocenters. The molecular formula is C22H28N2O4S. The lowest BCUT2D eigenvalue weighted by Crippen LogP contribution is -2.39. The molecule has 6 nitrogen and oxygen atoms in total. The highest BCUT2D eigenvalue weighted by molar-refractivity contribution is 7.89. The smallest absolute Gasteiger partial charge is 0.253 e. The largest absolute Gasteiger partial charge is 0.497 e. The number of ether oxygens (including phenoxy) is 1. The van der Waals surface area contributed by atoms with E-state index in [1.165, 1.54) is 12.1 Å². The Morgan fingerprint density at radius 2 is 1.69 bits per heavy atom. The van der Waals surface area contributed by atoms with Gasteiger partial charge in [0.1, 0.15) is 5.75 Å². The third-order valence-corrected chi connectivity index (χ3v) is 6.89. The van der Waals surface area contributed by atoms with E-state index in [2.05, 4.69) is 4.72 Å². The third-order valence-electron chi connectivity index (χ3n) is 5.41. The first-order chi connectivity index (χ1) is 13.9. The van der Waals surface area contributed by atoms with Crippen LogP contribution in [0.5, 0.6) is 5.75 Å². The monoisotopic (exact) mass is 416 g/mol. The Bertz CT molecular complexity index is 916. The number of sulfonamides is 1. The van der Waals surface area contributed by atoms with E-state index in [0.29, 0.717) is 31.3 Å². The number of likely N-dealkylation sites (tertiary alicyclic amines) is 1. The number of methoxy groups -OCH3 is 1. The number of aryl methyl sites for hydroxylation is 1. The van der Waals surface area contributed by atoms with Gasteiger partial charge in [0.25, 0.3) is 5.91 Å². The predicted molar refractivity (Wildman–Crippen MR) is 113 cm³/mol. The minimum atomic E-state index is -3.52. The zero-order valence-corrected chi connectivity index (χ0v) is 17.7. The molecule has 156 valence electrons. The van der Waals surface area contributed by atoms with Crippen molar-refractivity contribution >= 4 is 15.9 Å². The van der Waals surface area contributed by atoms with Crippen LogP contribution in [0.3, 0.4) is 0 Å². The van der Waals surface area contributed by atoms with Crippen molar-refractivity contribution in [3.05, 3.63) is 59.7 Å². The molecule has 2 aromatic rings. The van der Waals surface area contributed by atoms with Crippen LogP contribution in [0.2, 0.25) is 0 Å². The Morgan fingerprint density at radius 1 is 1.07 bits per heavy atom. The molecule has 1 saturated heterocycles. The molecule has 0 bridgehead atoms. The van der Waals surface area contributed by atoms with Gasteiger partial charge >= 0.3 is 0 Å². The SMILES string of the molecule is COc1ccc(S(=O)(=O)NCCC2CCN(C(=O)c3ccc(C)cc3)CC2)cc1. The molecular weight excluding hydrogens is 388 g/mol. The van der Waals surface area contributed by atoms with Gasteiger partial charge < -0.3 is 9.64 Å². The molecule has 0 aliphatic carbocycles. The van der Waals surface area contributed by atoms with Gasteiger partial charge in [-0.15, -0.1) is 0 Å². The summed E-state index contributed by atoms with van der Waals surface area (Å²) in [5.74, 6) is 1.11. The van der Waals surface area contributed by atoms with E-state index >= 15 is 0 Å². The highest BCUT2D eigenvalue weighted by Crippen LogP contribution is 2.22. The number of amides is 1. The first-order valence-electron chi connectivity index (χ1n) is 9.89. The molecule has 0 aromatic heterocycles. The molecule has 1 amide bonds. The summed E-state index contributed by atoms with van der Waals surface area (Å²) in [7, 11) is -1.98. The molecule has 0 spiro atoms. The lowest BCUT2D eigenvalue weighted by Gasteiger charge is -2.32. The van der Waals surface area contributed by atoms with Crippen molar-refractivity contribution in [1.82, 2.24) is 9.62 Å². The molecule has 7 heteroatoms. The molecule has 1 N–H and O–H groups in total. The summed E-state index contributed by atoms with van der Waals surface area (Å²) >= 11 is 0. The number of rotatable bonds is 7. The average molecular weight is 417 g/mol. The van der Waals surface area contributed by atoms with Gasteiger partial charge in [0.2, 0.25) is 10.0 Å². The summed E-state index contributed by atoms with van der Waals surface area (Å²) in [5, 5.41) is 0. The summed E-state index contributed by atoms with van der Waals surface area (Å²) in [4.78, 5) is 14.7. The van der Waals surface area contributed by atoms with Crippen LogP contribution in [-0.4, -0.2) is 46.0 Å². The van der Waals surface area contributed by atoms with Crippen LogP contribution < -0.4 is 9.46 Å². The molecule has 0 atom stereocenters. The van der Waals surface area contributed by atoms with Gasteiger partial charge in [-0.05, 0) is 68.5 Å². The molecule has 1 fully saturated rings. The summed E-state index contributed by atoms with van der Waals surface area (Å²) in [5.41, 5.74) is 1.86. The molecule has 0 saturated carbocycles. The highest BCUT2D eigenvalue weighted by Gasteiger charge is 2.24. The molecule has 0 radical (unpaired) electrons. The molecule has 1 heterocycles. The van der Waals surface area contributed by atoms with Crippen molar-refractivity contribution in [3.8, 4) is 5.75 Å². The number of carbonyl (C=O) groups is 1. The minimum Gasteiger partial charge on any atom is -0.497 e. The normalized spacial score (nSPS) is 15.3. The van der Waals surface area contributed by atoms with Crippen molar-refractivity contribution in [2.45, 2.75) is 31.1 Å². The van der Waals surface area contributed by atoms with Crippen molar-refractivity contribution < 1.29 is 17.9 Å².